The minimum atomic E-state index is -0.344. The third-order valence-electron chi connectivity index (χ3n) is 2.10. The molecule has 0 bridgehead atoms. The number of nitrogens with one attached hydrogen (secondary N) is 1. The van der Waals surface area contributed by atoms with Crippen LogP contribution >= 0.6 is 0 Å². The zero-order valence-corrected chi connectivity index (χ0v) is 9.90. The molecule has 1 rings (SSSR count). The second-order valence-corrected chi connectivity index (χ2v) is 3.45. The first-order valence-electron chi connectivity index (χ1n) is 5.23. The summed E-state index contributed by atoms with van der Waals surface area (Å²) in [5.41, 5.74) is 1.47. The van der Waals surface area contributed by atoms with Crippen LogP contribution in [0.3, 0.4) is 0 Å². The highest BCUT2D eigenvalue weighted by atomic mass is 16.5. The Morgan fingerprint density at radius 3 is 2.47 bits per heavy atom. The van der Waals surface area contributed by atoms with Crippen molar-refractivity contribution < 1.29 is 14.3 Å². The molecule has 0 fully saturated rings. The highest BCUT2D eigenvalue weighted by molar-refractivity contribution is 5.86. The van der Waals surface area contributed by atoms with Gasteiger partial charge in [0.1, 0.15) is 0 Å². The SMILES string of the molecule is COC(=O)CC=C(NC(C)=O)c1ccccc1. The molecule has 90 valence electrons. The average Bonchev–Trinajstić information content (AvgIpc) is 2.34. The molecule has 0 aliphatic carbocycles. The van der Waals surface area contributed by atoms with E-state index in [1.54, 1.807) is 6.08 Å². The molecule has 17 heavy (non-hydrogen) atoms. The smallest absolute Gasteiger partial charge is 0.309 e. The van der Waals surface area contributed by atoms with E-state index in [1.165, 1.54) is 14.0 Å². The molecule has 0 aliphatic heterocycles. The molecule has 1 N–H and O–H groups in total. The Balaban J connectivity index is 2.88. The lowest BCUT2D eigenvalue weighted by molar-refractivity contribution is -0.139. The molecule has 4 heteroatoms. The molecular formula is C13H15NO3. The number of hydrogen-bond donors (Lipinski definition) is 1. The number of ether oxygens (including phenoxy) is 1. The van der Waals surface area contributed by atoms with Gasteiger partial charge in [0, 0.05) is 12.6 Å². The van der Waals surface area contributed by atoms with E-state index in [1.807, 2.05) is 30.3 Å². The Morgan fingerprint density at radius 2 is 1.94 bits per heavy atom. The van der Waals surface area contributed by atoms with Crippen LogP contribution in [0.4, 0.5) is 0 Å². The highest BCUT2D eigenvalue weighted by Gasteiger charge is 2.04. The predicted molar refractivity (Wildman–Crippen MR) is 64.9 cm³/mol. The minimum absolute atomic E-state index is 0.126. The minimum Gasteiger partial charge on any atom is -0.469 e. The van der Waals surface area contributed by atoms with Gasteiger partial charge in [0.05, 0.1) is 13.5 Å². The zero-order valence-electron chi connectivity index (χ0n) is 9.90. The Kier molecular flexibility index (Phi) is 4.94. The summed E-state index contributed by atoms with van der Waals surface area (Å²) < 4.78 is 4.55. The molecule has 1 amide bonds. The van der Waals surface area contributed by atoms with Crippen molar-refractivity contribution in [2.24, 2.45) is 0 Å². The monoisotopic (exact) mass is 233 g/mol. The molecular weight excluding hydrogens is 218 g/mol. The van der Waals surface area contributed by atoms with Crippen molar-refractivity contribution in [2.45, 2.75) is 13.3 Å². The zero-order chi connectivity index (χ0) is 12.7. The summed E-state index contributed by atoms with van der Waals surface area (Å²) in [5, 5.41) is 2.69. The van der Waals surface area contributed by atoms with Crippen LogP contribution in [0.25, 0.3) is 5.70 Å². The molecule has 0 unspecified atom stereocenters. The van der Waals surface area contributed by atoms with Gasteiger partial charge in [0.15, 0.2) is 0 Å². The highest BCUT2D eigenvalue weighted by Crippen LogP contribution is 2.11. The Labute approximate surface area is 100 Å². The lowest BCUT2D eigenvalue weighted by Gasteiger charge is -2.08. The van der Waals surface area contributed by atoms with Gasteiger partial charge in [-0.25, -0.2) is 0 Å². The molecule has 0 saturated heterocycles. The first-order valence-corrected chi connectivity index (χ1v) is 5.23. The summed E-state index contributed by atoms with van der Waals surface area (Å²) in [4.78, 5) is 22.1. The fourth-order valence-electron chi connectivity index (χ4n) is 1.32. The fraction of sp³-hybridized carbons (Fsp3) is 0.231. The van der Waals surface area contributed by atoms with Crippen molar-refractivity contribution in [2.75, 3.05) is 7.11 Å². The lowest BCUT2D eigenvalue weighted by atomic mass is 10.1. The second-order valence-electron chi connectivity index (χ2n) is 3.45. The van der Waals surface area contributed by atoms with Crippen LogP contribution in [0.1, 0.15) is 18.9 Å². The molecule has 0 aliphatic rings. The summed E-state index contributed by atoms with van der Waals surface area (Å²) in [6.07, 6.45) is 1.77. The lowest BCUT2D eigenvalue weighted by Crippen LogP contribution is -2.18. The van der Waals surface area contributed by atoms with Crippen LogP contribution in [-0.2, 0) is 14.3 Å². The van der Waals surface area contributed by atoms with Crippen LogP contribution in [0.15, 0.2) is 36.4 Å². The van der Waals surface area contributed by atoms with Gasteiger partial charge in [0.25, 0.3) is 0 Å². The number of benzene rings is 1. The number of amides is 1. The van der Waals surface area contributed by atoms with Gasteiger partial charge in [-0.05, 0) is 11.6 Å². The van der Waals surface area contributed by atoms with Crippen LogP contribution in [0.2, 0.25) is 0 Å². The number of carbonyl (C=O) groups excluding carboxylic acids is 2. The molecule has 1 aromatic carbocycles. The van der Waals surface area contributed by atoms with Crippen molar-refractivity contribution in [1.82, 2.24) is 5.32 Å². The second kappa shape index (κ2) is 6.48. The van der Waals surface area contributed by atoms with E-state index in [2.05, 4.69) is 10.1 Å². The molecule has 0 heterocycles. The van der Waals surface area contributed by atoms with E-state index in [0.29, 0.717) is 5.70 Å². The molecule has 4 nitrogen and oxygen atoms in total. The molecule has 1 aromatic rings. The summed E-state index contributed by atoms with van der Waals surface area (Å²) >= 11 is 0. The largest absolute Gasteiger partial charge is 0.469 e. The number of carbonyl (C=O) groups is 2. The van der Waals surface area contributed by atoms with Gasteiger partial charge < -0.3 is 10.1 Å². The van der Waals surface area contributed by atoms with Gasteiger partial charge in [-0.1, -0.05) is 30.3 Å². The first kappa shape index (κ1) is 13.0. The summed E-state index contributed by atoms with van der Waals surface area (Å²) in [6, 6.07) is 9.33. The van der Waals surface area contributed by atoms with Crippen LogP contribution in [0, 0.1) is 0 Å². The summed E-state index contributed by atoms with van der Waals surface area (Å²) in [6.45, 7) is 1.43. The van der Waals surface area contributed by atoms with Crippen LogP contribution in [-0.4, -0.2) is 19.0 Å². The molecule has 0 spiro atoms. The molecule has 0 atom stereocenters. The van der Waals surface area contributed by atoms with Gasteiger partial charge >= 0.3 is 5.97 Å². The van der Waals surface area contributed by atoms with E-state index >= 15 is 0 Å². The summed E-state index contributed by atoms with van der Waals surface area (Å²) in [5.74, 6) is -0.520. The van der Waals surface area contributed by atoms with E-state index in [4.69, 9.17) is 0 Å². The van der Waals surface area contributed by atoms with Gasteiger partial charge in [0.2, 0.25) is 5.91 Å². The fourth-order valence-corrected chi connectivity index (χ4v) is 1.32. The van der Waals surface area contributed by atoms with Crippen molar-refractivity contribution in [3.63, 3.8) is 0 Å². The number of methoxy groups -OCH3 is 1. The first-order chi connectivity index (χ1) is 8.13. The Hall–Kier alpha value is -2.10. The third-order valence-corrected chi connectivity index (χ3v) is 2.10. The number of rotatable bonds is 4. The van der Waals surface area contributed by atoms with Gasteiger partial charge in [-0.3, -0.25) is 9.59 Å². The third kappa shape index (κ3) is 4.51. The normalized spacial score (nSPS) is 10.8. The predicted octanol–water partition coefficient (Wildman–Crippen LogP) is 1.73. The Bertz CT molecular complexity index is 424. The van der Waals surface area contributed by atoms with Crippen molar-refractivity contribution in [3.8, 4) is 0 Å². The van der Waals surface area contributed by atoms with Gasteiger partial charge in [-0.2, -0.15) is 0 Å². The molecule has 0 aromatic heterocycles. The van der Waals surface area contributed by atoms with Crippen LogP contribution < -0.4 is 5.32 Å². The summed E-state index contributed by atoms with van der Waals surface area (Å²) in [7, 11) is 1.33. The van der Waals surface area contributed by atoms with Crippen molar-refractivity contribution in [3.05, 3.63) is 42.0 Å². The van der Waals surface area contributed by atoms with Crippen molar-refractivity contribution in [1.29, 1.82) is 0 Å². The standard InChI is InChI=1S/C13H15NO3/c1-10(15)14-12(8-9-13(16)17-2)11-6-4-3-5-7-11/h3-8H,9H2,1-2H3,(H,14,15). The van der Waals surface area contributed by atoms with E-state index < -0.39 is 0 Å². The maximum Gasteiger partial charge on any atom is 0.309 e. The number of esters is 1. The average molecular weight is 233 g/mol. The van der Waals surface area contributed by atoms with E-state index in [0.717, 1.165) is 5.56 Å². The molecule has 0 radical (unpaired) electrons. The van der Waals surface area contributed by atoms with Gasteiger partial charge in [-0.15, -0.1) is 0 Å². The Morgan fingerprint density at radius 1 is 1.29 bits per heavy atom. The topological polar surface area (TPSA) is 55.4 Å². The number of hydrogen-bond acceptors (Lipinski definition) is 3. The van der Waals surface area contributed by atoms with E-state index in [9.17, 15) is 9.59 Å². The quantitative estimate of drug-likeness (QED) is 0.806. The van der Waals surface area contributed by atoms with E-state index in [-0.39, 0.29) is 18.3 Å². The maximum atomic E-state index is 11.1. The maximum absolute atomic E-state index is 11.1. The van der Waals surface area contributed by atoms with Crippen molar-refractivity contribution >= 4 is 17.6 Å². The molecule has 0 saturated carbocycles. The van der Waals surface area contributed by atoms with Crippen LogP contribution in [0.5, 0.6) is 0 Å².